The van der Waals surface area contributed by atoms with Crippen LogP contribution >= 0.6 is 0 Å². The number of nitrogens with two attached hydrogens (primary N) is 1. The van der Waals surface area contributed by atoms with Crippen LogP contribution in [0.3, 0.4) is 0 Å². The number of hydrogen-bond donors (Lipinski definition) is 1. The van der Waals surface area contributed by atoms with Gasteiger partial charge in [0.1, 0.15) is 6.10 Å². The summed E-state index contributed by atoms with van der Waals surface area (Å²) in [5, 5.41) is 0. The second kappa shape index (κ2) is 2.72. The molecule has 1 aliphatic rings. The molecular weight excluding hydrogens is 102 g/mol. The lowest BCUT2D eigenvalue weighted by molar-refractivity contribution is 0.163. The van der Waals surface area contributed by atoms with Crippen LogP contribution in [0.15, 0.2) is 12.3 Å². The number of rotatable bonds is 2. The van der Waals surface area contributed by atoms with Crippen molar-refractivity contribution in [1.82, 2.24) is 0 Å². The maximum Gasteiger partial charge on any atom is 0.103 e. The molecule has 0 saturated heterocycles. The van der Waals surface area contributed by atoms with Gasteiger partial charge in [-0.05, 0) is 19.0 Å². The fourth-order valence-electron chi connectivity index (χ4n) is 0.801. The number of ether oxygens (including phenoxy) is 1. The van der Waals surface area contributed by atoms with E-state index in [0.717, 1.165) is 19.4 Å². The van der Waals surface area contributed by atoms with Gasteiger partial charge in [0.05, 0.1) is 6.26 Å². The summed E-state index contributed by atoms with van der Waals surface area (Å²) in [4.78, 5) is 0. The Morgan fingerprint density at radius 2 is 2.62 bits per heavy atom. The van der Waals surface area contributed by atoms with Crippen molar-refractivity contribution in [2.75, 3.05) is 6.54 Å². The Morgan fingerprint density at radius 3 is 3.12 bits per heavy atom. The molecule has 2 nitrogen and oxygen atoms in total. The van der Waals surface area contributed by atoms with E-state index in [1.807, 2.05) is 6.08 Å². The molecule has 0 amide bonds. The maximum atomic E-state index is 5.30. The largest absolute Gasteiger partial charge is 0.498 e. The third-order valence-electron chi connectivity index (χ3n) is 1.25. The monoisotopic (exact) mass is 113 g/mol. The van der Waals surface area contributed by atoms with Gasteiger partial charge >= 0.3 is 0 Å². The Morgan fingerprint density at radius 1 is 1.75 bits per heavy atom. The second-order valence-electron chi connectivity index (χ2n) is 1.94. The van der Waals surface area contributed by atoms with Gasteiger partial charge in [-0.3, -0.25) is 0 Å². The van der Waals surface area contributed by atoms with Gasteiger partial charge in [-0.1, -0.05) is 0 Å². The van der Waals surface area contributed by atoms with Gasteiger partial charge in [-0.25, -0.2) is 0 Å². The minimum Gasteiger partial charge on any atom is -0.498 e. The average molecular weight is 113 g/mol. The van der Waals surface area contributed by atoms with Crippen LogP contribution in [0.2, 0.25) is 0 Å². The molecular formula is C6H11NO. The first-order valence-electron chi connectivity index (χ1n) is 2.94. The summed E-state index contributed by atoms with van der Waals surface area (Å²) < 4.78 is 5.13. The summed E-state index contributed by atoms with van der Waals surface area (Å²) in [6.07, 6.45) is 6.17. The summed E-state index contributed by atoms with van der Waals surface area (Å²) >= 11 is 0. The fraction of sp³-hybridized carbons (Fsp3) is 0.667. The van der Waals surface area contributed by atoms with Crippen molar-refractivity contribution >= 4 is 0 Å². The van der Waals surface area contributed by atoms with Gasteiger partial charge in [0.15, 0.2) is 0 Å². The van der Waals surface area contributed by atoms with Gasteiger partial charge in [-0.2, -0.15) is 0 Å². The molecule has 0 radical (unpaired) electrons. The molecule has 1 unspecified atom stereocenters. The first-order chi connectivity index (χ1) is 3.93. The predicted octanol–water partition coefficient (Wildman–Crippen LogP) is 0.638. The van der Waals surface area contributed by atoms with E-state index in [-0.39, 0.29) is 0 Å². The maximum absolute atomic E-state index is 5.30. The zero-order valence-corrected chi connectivity index (χ0v) is 4.84. The Hall–Kier alpha value is -0.500. The van der Waals surface area contributed by atoms with Gasteiger partial charge < -0.3 is 10.5 Å². The van der Waals surface area contributed by atoms with E-state index in [1.54, 1.807) is 6.26 Å². The molecule has 0 saturated carbocycles. The SMILES string of the molecule is NCCC1CC=CO1. The molecule has 0 bridgehead atoms. The van der Waals surface area contributed by atoms with Gasteiger partial charge in [0.2, 0.25) is 0 Å². The smallest absolute Gasteiger partial charge is 0.103 e. The second-order valence-corrected chi connectivity index (χ2v) is 1.94. The highest BCUT2D eigenvalue weighted by Gasteiger charge is 2.08. The lowest BCUT2D eigenvalue weighted by Crippen LogP contribution is -2.11. The van der Waals surface area contributed by atoms with Crippen molar-refractivity contribution in [1.29, 1.82) is 0 Å². The van der Waals surface area contributed by atoms with E-state index < -0.39 is 0 Å². The zero-order chi connectivity index (χ0) is 5.82. The Bertz CT molecular complexity index is 82.5. The number of hydrogen-bond acceptors (Lipinski definition) is 2. The van der Waals surface area contributed by atoms with Crippen LogP contribution in [0.1, 0.15) is 12.8 Å². The Balaban J connectivity index is 2.10. The Labute approximate surface area is 49.3 Å². The third kappa shape index (κ3) is 1.23. The van der Waals surface area contributed by atoms with Crippen molar-refractivity contribution in [2.24, 2.45) is 5.73 Å². The molecule has 1 heterocycles. The molecule has 1 aliphatic heterocycles. The molecule has 0 aromatic rings. The standard InChI is InChI=1S/C6H11NO/c7-4-3-6-2-1-5-8-6/h1,5-6H,2-4,7H2. The molecule has 46 valence electrons. The van der Waals surface area contributed by atoms with Gasteiger partial charge in [-0.15, -0.1) is 0 Å². The minimum absolute atomic E-state index is 0.375. The van der Waals surface area contributed by atoms with Crippen LogP contribution in [0.25, 0.3) is 0 Å². The van der Waals surface area contributed by atoms with E-state index >= 15 is 0 Å². The van der Waals surface area contributed by atoms with Gasteiger partial charge in [0.25, 0.3) is 0 Å². The first kappa shape index (κ1) is 5.63. The lowest BCUT2D eigenvalue weighted by atomic mass is 10.2. The molecule has 0 spiro atoms. The molecule has 8 heavy (non-hydrogen) atoms. The summed E-state index contributed by atoms with van der Waals surface area (Å²) in [6.45, 7) is 0.729. The van der Waals surface area contributed by atoms with E-state index in [2.05, 4.69) is 0 Å². The van der Waals surface area contributed by atoms with E-state index in [0.29, 0.717) is 6.10 Å². The average Bonchev–Trinajstić information content (AvgIpc) is 2.19. The lowest BCUT2D eigenvalue weighted by Gasteiger charge is -2.05. The van der Waals surface area contributed by atoms with Gasteiger partial charge in [0, 0.05) is 6.42 Å². The summed E-state index contributed by atoms with van der Waals surface area (Å²) in [6, 6.07) is 0. The highest BCUT2D eigenvalue weighted by molar-refractivity contribution is 4.86. The van der Waals surface area contributed by atoms with Crippen molar-refractivity contribution in [3.05, 3.63) is 12.3 Å². The zero-order valence-electron chi connectivity index (χ0n) is 4.84. The van der Waals surface area contributed by atoms with E-state index in [4.69, 9.17) is 10.5 Å². The molecule has 0 fully saturated rings. The first-order valence-corrected chi connectivity index (χ1v) is 2.94. The van der Waals surface area contributed by atoms with E-state index in [9.17, 15) is 0 Å². The summed E-state index contributed by atoms with van der Waals surface area (Å²) in [5.74, 6) is 0. The van der Waals surface area contributed by atoms with Crippen LogP contribution in [0, 0.1) is 0 Å². The van der Waals surface area contributed by atoms with Crippen molar-refractivity contribution < 1.29 is 4.74 Å². The molecule has 0 aliphatic carbocycles. The Kier molecular flexibility index (Phi) is 1.92. The van der Waals surface area contributed by atoms with Crippen molar-refractivity contribution in [2.45, 2.75) is 18.9 Å². The van der Waals surface area contributed by atoms with Crippen molar-refractivity contribution in [3.8, 4) is 0 Å². The normalized spacial score (nSPS) is 25.9. The van der Waals surface area contributed by atoms with Crippen LogP contribution in [-0.4, -0.2) is 12.6 Å². The highest BCUT2D eigenvalue weighted by Crippen LogP contribution is 2.10. The predicted molar refractivity (Wildman–Crippen MR) is 32.3 cm³/mol. The fourth-order valence-corrected chi connectivity index (χ4v) is 0.801. The molecule has 1 atom stereocenters. The summed E-state index contributed by atoms with van der Waals surface area (Å²) in [7, 11) is 0. The van der Waals surface area contributed by atoms with Crippen LogP contribution < -0.4 is 5.73 Å². The van der Waals surface area contributed by atoms with Crippen LogP contribution in [0.4, 0.5) is 0 Å². The molecule has 0 aromatic carbocycles. The van der Waals surface area contributed by atoms with E-state index in [1.165, 1.54) is 0 Å². The summed E-state index contributed by atoms with van der Waals surface area (Å²) in [5.41, 5.74) is 5.30. The van der Waals surface area contributed by atoms with Crippen LogP contribution in [0.5, 0.6) is 0 Å². The van der Waals surface area contributed by atoms with Crippen molar-refractivity contribution in [3.63, 3.8) is 0 Å². The third-order valence-corrected chi connectivity index (χ3v) is 1.25. The van der Waals surface area contributed by atoms with Crippen LogP contribution in [-0.2, 0) is 4.74 Å². The minimum atomic E-state index is 0.375. The topological polar surface area (TPSA) is 35.2 Å². The molecule has 1 rings (SSSR count). The molecule has 2 heteroatoms. The molecule has 0 aromatic heterocycles. The molecule has 2 N–H and O–H groups in total. The quantitative estimate of drug-likeness (QED) is 0.570. The highest BCUT2D eigenvalue weighted by atomic mass is 16.5.